The first-order valence-corrected chi connectivity index (χ1v) is 10.2. The number of aromatic nitrogens is 2. The number of hydrogen-bond acceptors (Lipinski definition) is 2. The van der Waals surface area contributed by atoms with Crippen molar-refractivity contribution in [3.63, 3.8) is 0 Å². The number of rotatable bonds is 5. The molecule has 0 aliphatic rings. The van der Waals surface area contributed by atoms with E-state index in [0.717, 1.165) is 23.4 Å². The van der Waals surface area contributed by atoms with Crippen LogP contribution in [0.5, 0.6) is 0 Å². The Kier molecular flexibility index (Phi) is 5.74. The summed E-state index contributed by atoms with van der Waals surface area (Å²) in [7, 11) is 0. The van der Waals surface area contributed by atoms with Gasteiger partial charge in [-0.05, 0) is 49.7 Å². The molecule has 0 bridgehead atoms. The Morgan fingerprint density at radius 2 is 1.75 bits per heavy atom. The third-order valence-corrected chi connectivity index (χ3v) is 5.45. The van der Waals surface area contributed by atoms with Crippen molar-refractivity contribution in [2.24, 2.45) is 0 Å². The van der Waals surface area contributed by atoms with Crippen molar-refractivity contribution in [2.45, 2.75) is 32.4 Å². The zero-order valence-corrected chi connectivity index (χ0v) is 17.6. The fourth-order valence-electron chi connectivity index (χ4n) is 3.83. The van der Waals surface area contributed by atoms with Crippen LogP contribution in [0.15, 0.2) is 72.9 Å². The summed E-state index contributed by atoms with van der Waals surface area (Å²) < 4.78 is 42.0. The van der Waals surface area contributed by atoms with Crippen LogP contribution in [-0.2, 0) is 11.0 Å². The molecule has 0 radical (unpaired) electrons. The number of carbonyl (C=O) groups is 1. The third kappa shape index (κ3) is 4.51. The molecule has 2 aromatic heterocycles. The van der Waals surface area contributed by atoms with E-state index in [4.69, 9.17) is 0 Å². The van der Waals surface area contributed by atoms with Crippen LogP contribution in [0.2, 0.25) is 0 Å². The molecular formula is C25H22F3N3O. The second-order valence-electron chi connectivity index (χ2n) is 7.84. The molecule has 32 heavy (non-hydrogen) atoms. The Bertz CT molecular complexity index is 1260. The fourth-order valence-corrected chi connectivity index (χ4v) is 3.83. The molecule has 2 heterocycles. The van der Waals surface area contributed by atoms with Crippen LogP contribution in [-0.4, -0.2) is 15.3 Å². The lowest BCUT2D eigenvalue weighted by Crippen LogP contribution is -2.18. The molecule has 1 unspecified atom stereocenters. The highest BCUT2D eigenvalue weighted by Gasteiger charge is 2.32. The number of benzene rings is 2. The number of imidazole rings is 1. The smallest absolute Gasteiger partial charge is 0.326 e. The zero-order valence-electron chi connectivity index (χ0n) is 17.6. The maximum absolute atomic E-state index is 13.4. The minimum atomic E-state index is -4.47. The van der Waals surface area contributed by atoms with Crippen LogP contribution in [0, 0.1) is 13.8 Å². The van der Waals surface area contributed by atoms with Gasteiger partial charge in [0.2, 0.25) is 5.91 Å². The van der Waals surface area contributed by atoms with Crippen molar-refractivity contribution >= 4 is 17.2 Å². The topological polar surface area (TPSA) is 46.4 Å². The number of anilines is 1. The second kappa shape index (κ2) is 8.49. The summed E-state index contributed by atoms with van der Waals surface area (Å²) in [6.07, 6.45) is -2.87. The summed E-state index contributed by atoms with van der Waals surface area (Å²) in [5, 5.41) is 2.85. The van der Waals surface area contributed by atoms with Gasteiger partial charge in [-0.2, -0.15) is 13.2 Å². The van der Waals surface area contributed by atoms with Gasteiger partial charge in [0.15, 0.2) is 0 Å². The minimum absolute atomic E-state index is 0.0304. The van der Waals surface area contributed by atoms with Gasteiger partial charge in [-0.3, -0.25) is 4.79 Å². The quantitative estimate of drug-likeness (QED) is 0.408. The SMILES string of the molecule is Cc1ccc(NC(=O)CC(c2cccc(C(F)(F)F)c2)c2cnc3cccc(C)n23)cc1. The lowest BCUT2D eigenvalue weighted by Gasteiger charge is -2.19. The molecule has 1 N–H and O–H groups in total. The van der Waals surface area contributed by atoms with Gasteiger partial charge in [0.1, 0.15) is 5.65 Å². The standard InChI is InChI=1S/C25H22F3N3O/c1-16-9-11-20(12-10-16)30-24(32)14-21(18-6-4-7-19(13-18)25(26,27)28)22-15-29-23-8-3-5-17(2)31(22)23/h3-13,15,21H,14H2,1-2H3,(H,30,32). The number of aryl methyl sites for hydroxylation is 2. The van der Waals surface area contributed by atoms with E-state index in [1.54, 1.807) is 24.4 Å². The molecule has 164 valence electrons. The van der Waals surface area contributed by atoms with Gasteiger partial charge in [-0.1, -0.05) is 42.0 Å². The molecule has 4 aromatic rings. The number of hydrogen-bond donors (Lipinski definition) is 1. The fraction of sp³-hybridized carbons (Fsp3) is 0.200. The molecule has 0 saturated heterocycles. The second-order valence-corrected chi connectivity index (χ2v) is 7.84. The average Bonchev–Trinajstić information content (AvgIpc) is 3.18. The van der Waals surface area contributed by atoms with Crippen molar-refractivity contribution < 1.29 is 18.0 Å². The Balaban J connectivity index is 1.74. The van der Waals surface area contributed by atoms with E-state index < -0.39 is 17.7 Å². The number of fused-ring (bicyclic) bond motifs is 1. The molecular weight excluding hydrogens is 415 g/mol. The summed E-state index contributed by atoms with van der Waals surface area (Å²) in [5.74, 6) is -0.904. The Morgan fingerprint density at radius 3 is 2.47 bits per heavy atom. The molecule has 4 rings (SSSR count). The van der Waals surface area contributed by atoms with E-state index in [1.165, 1.54) is 6.07 Å². The predicted molar refractivity (Wildman–Crippen MR) is 118 cm³/mol. The van der Waals surface area contributed by atoms with Gasteiger partial charge in [0.25, 0.3) is 0 Å². The molecule has 1 amide bonds. The van der Waals surface area contributed by atoms with Gasteiger partial charge >= 0.3 is 6.18 Å². The number of carbonyl (C=O) groups excluding carboxylic acids is 1. The van der Waals surface area contributed by atoms with E-state index in [2.05, 4.69) is 10.3 Å². The van der Waals surface area contributed by atoms with Crippen molar-refractivity contribution in [3.8, 4) is 0 Å². The Labute approximate surface area is 183 Å². The van der Waals surface area contributed by atoms with Crippen molar-refractivity contribution in [1.29, 1.82) is 0 Å². The Morgan fingerprint density at radius 1 is 1.03 bits per heavy atom. The predicted octanol–water partition coefficient (Wildman–Crippen LogP) is 6.13. The molecule has 0 fully saturated rings. The van der Waals surface area contributed by atoms with E-state index >= 15 is 0 Å². The van der Waals surface area contributed by atoms with Crippen LogP contribution in [0.4, 0.5) is 18.9 Å². The van der Waals surface area contributed by atoms with Crippen molar-refractivity contribution in [1.82, 2.24) is 9.38 Å². The third-order valence-electron chi connectivity index (χ3n) is 5.45. The van der Waals surface area contributed by atoms with Gasteiger partial charge in [-0.25, -0.2) is 4.98 Å². The van der Waals surface area contributed by atoms with Crippen molar-refractivity contribution in [3.05, 3.63) is 101 Å². The monoisotopic (exact) mass is 437 g/mol. The molecule has 1 atom stereocenters. The number of alkyl halides is 3. The zero-order chi connectivity index (χ0) is 22.9. The first-order valence-electron chi connectivity index (χ1n) is 10.2. The summed E-state index contributed by atoms with van der Waals surface area (Å²) in [6, 6.07) is 18.1. The molecule has 0 spiro atoms. The highest BCUT2D eigenvalue weighted by atomic mass is 19.4. The van der Waals surface area contributed by atoms with Gasteiger partial charge in [0.05, 0.1) is 11.3 Å². The summed E-state index contributed by atoms with van der Waals surface area (Å²) >= 11 is 0. The molecule has 0 saturated carbocycles. The lowest BCUT2D eigenvalue weighted by molar-refractivity contribution is -0.137. The number of nitrogens with zero attached hydrogens (tertiary/aromatic N) is 2. The first kappa shape index (κ1) is 21.6. The van der Waals surface area contributed by atoms with E-state index in [-0.39, 0.29) is 12.3 Å². The highest BCUT2D eigenvalue weighted by Crippen LogP contribution is 2.35. The molecule has 7 heteroatoms. The molecule has 0 aliphatic carbocycles. The van der Waals surface area contributed by atoms with Gasteiger partial charge in [0, 0.05) is 29.9 Å². The first-order chi connectivity index (χ1) is 15.2. The van der Waals surface area contributed by atoms with Crippen molar-refractivity contribution in [2.75, 3.05) is 5.32 Å². The average molecular weight is 437 g/mol. The lowest BCUT2D eigenvalue weighted by atomic mass is 9.91. The van der Waals surface area contributed by atoms with E-state index in [1.807, 2.05) is 48.6 Å². The normalized spacial score (nSPS) is 12.7. The van der Waals surface area contributed by atoms with Crippen LogP contribution in [0.3, 0.4) is 0 Å². The maximum Gasteiger partial charge on any atom is 0.416 e. The maximum atomic E-state index is 13.4. The van der Waals surface area contributed by atoms with Gasteiger partial charge < -0.3 is 9.72 Å². The van der Waals surface area contributed by atoms with Gasteiger partial charge in [-0.15, -0.1) is 0 Å². The molecule has 2 aromatic carbocycles. The minimum Gasteiger partial charge on any atom is -0.326 e. The van der Waals surface area contributed by atoms with Crippen LogP contribution in [0.25, 0.3) is 5.65 Å². The number of nitrogens with one attached hydrogen (secondary N) is 1. The number of amides is 1. The largest absolute Gasteiger partial charge is 0.416 e. The molecule has 0 aliphatic heterocycles. The highest BCUT2D eigenvalue weighted by molar-refractivity contribution is 5.91. The number of halogens is 3. The summed E-state index contributed by atoms with van der Waals surface area (Å²) in [5.41, 5.74) is 3.58. The number of pyridine rings is 1. The molecule has 4 nitrogen and oxygen atoms in total. The van der Waals surface area contributed by atoms with E-state index in [9.17, 15) is 18.0 Å². The van der Waals surface area contributed by atoms with Crippen LogP contribution >= 0.6 is 0 Å². The van der Waals surface area contributed by atoms with Crippen LogP contribution < -0.4 is 5.32 Å². The Hall–Kier alpha value is -3.61. The van der Waals surface area contributed by atoms with Crippen LogP contribution in [0.1, 0.15) is 40.4 Å². The summed E-state index contributed by atoms with van der Waals surface area (Å²) in [6.45, 7) is 3.84. The summed E-state index contributed by atoms with van der Waals surface area (Å²) in [4.78, 5) is 17.3. The van der Waals surface area contributed by atoms with E-state index in [0.29, 0.717) is 22.6 Å².